The molecule has 0 saturated carbocycles. The molecular formula is C24H21ClN4O2S2. The van der Waals surface area contributed by atoms with E-state index in [4.69, 9.17) is 21.3 Å². The fourth-order valence-electron chi connectivity index (χ4n) is 3.35. The monoisotopic (exact) mass is 496 g/mol. The highest BCUT2D eigenvalue weighted by Crippen LogP contribution is 2.34. The number of rotatable bonds is 8. The molecule has 1 aromatic carbocycles. The first-order valence-corrected chi connectivity index (χ1v) is 12.4. The molecule has 9 heteroatoms. The molecule has 4 rings (SSSR count). The van der Waals surface area contributed by atoms with E-state index in [1.165, 1.54) is 17.5 Å². The lowest BCUT2D eigenvalue weighted by Crippen LogP contribution is -2.10. The highest BCUT2D eigenvalue weighted by atomic mass is 35.5. The number of nitrogens with zero attached hydrogens (tertiary/aromatic N) is 4. The van der Waals surface area contributed by atoms with E-state index in [1.54, 1.807) is 24.0 Å². The molecule has 0 aliphatic rings. The van der Waals surface area contributed by atoms with Gasteiger partial charge in [0.05, 0.1) is 33.6 Å². The van der Waals surface area contributed by atoms with Gasteiger partial charge in [0.1, 0.15) is 17.9 Å². The van der Waals surface area contributed by atoms with Gasteiger partial charge in [-0.25, -0.2) is 4.98 Å². The molecule has 0 radical (unpaired) electrons. The Balaban J connectivity index is 1.72. The number of benzene rings is 1. The predicted octanol–water partition coefficient (Wildman–Crippen LogP) is 6.28. The predicted molar refractivity (Wildman–Crippen MR) is 134 cm³/mol. The third kappa shape index (κ3) is 4.89. The van der Waals surface area contributed by atoms with Gasteiger partial charge in [-0.3, -0.25) is 4.98 Å². The Bertz CT molecular complexity index is 1310. The van der Waals surface area contributed by atoms with Crippen molar-refractivity contribution in [3.05, 3.63) is 89.6 Å². The molecule has 0 fully saturated rings. The molecule has 0 aliphatic carbocycles. The summed E-state index contributed by atoms with van der Waals surface area (Å²) in [6, 6.07) is 7.77. The van der Waals surface area contributed by atoms with Gasteiger partial charge in [-0.2, -0.15) is 4.98 Å². The molecule has 4 aromatic rings. The third-order valence-electron chi connectivity index (χ3n) is 4.80. The van der Waals surface area contributed by atoms with E-state index in [2.05, 4.69) is 16.5 Å². The second-order valence-electron chi connectivity index (χ2n) is 6.96. The summed E-state index contributed by atoms with van der Waals surface area (Å²) in [5.74, 6) is 0.598. The number of thiazole rings is 1. The van der Waals surface area contributed by atoms with E-state index in [9.17, 15) is 4.55 Å². The molecule has 1 atom stereocenters. The zero-order chi connectivity index (χ0) is 23.4. The van der Waals surface area contributed by atoms with Gasteiger partial charge in [0.25, 0.3) is 0 Å². The molecule has 3 heterocycles. The molecule has 0 bridgehead atoms. The number of aryl methyl sites for hydroxylation is 1. The SMILES string of the molecule is C=CN(/C=C\C)c1cc(C)nc2c(OCc3c(Cl)cncc3[S+]([O-])c3nccs3)cccc12. The van der Waals surface area contributed by atoms with E-state index in [0.29, 0.717) is 25.6 Å². The zero-order valence-corrected chi connectivity index (χ0v) is 20.5. The number of ether oxygens (including phenoxy) is 1. The second kappa shape index (κ2) is 10.4. The number of aromatic nitrogens is 3. The van der Waals surface area contributed by atoms with Gasteiger partial charge >= 0.3 is 4.34 Å². The van der Waals surface area contributed by atoms with E-state index in [0.717, 1.165) is 22.3 Å². The molecule has 0 aliphatic heterocycles. The van der Waals surface area contributed by atoms with Crippen LogP contribution in [0.25, 0.3) is 10.9 Å². The van der Waals surface area contributed by atoms with Crippen LogP contribution in [0.1, 0.15) is 18.2 Å². The van der Waals surface area contributed by atoms with Gasteiger partial charge < -0.3 is 14.2 Å². The van der Waals surface area contributed by atoms with Crippen LogP contribution in [0.5, 0.6) is 5.75 Å². The van der Waals surface area contributed by atoms with Gasteiger partial charge in [0.15, 0.2) is 4.90 Å². The van der Waals surface area contributed by atoms with Gasteiger partial charge in [0, 0.05) is 41.3 Å². The molecule has 6 nitrogen and oxygen atoms in total. The van der Waals surface area contributed by atoms with Crippen molar-refractivity contribution in [2.75, 3.05) is 4.90 Å². The summed E-state index contributed by atoms with van der Waals surface area (Å²) >= 11 is 6.25. The summed E-state index contributed by atoms with van der Waals surface area (Å²) < 4.78 is 19.7. The number of anilines is 1. The number of pyridine rings is 2. The molecule has 33 heavy (non-hydrogen) atoms. The lowest BCUT2D eigenvalue weighted by atomic mass is 10.1. The van der Waals surface area contributed by atoms with Crippen LogP contribution in [-0.4, -0.2) is 19.5 Å². The van der Waals surface area contributed by atoms with Crippen molar-refractivity contribution in [2.24, 2.45) is 0 Å². The molecular weight excluding hydrogens is 476 g/mol. The lowest BCUT2D eigenvalue weighted by Gasteiger charge is -2.19. The minimum absolute atomic E-state index is 0.109. The first-order chi connectivity index (χ1) is 16.0. The molecule has 0 amide bonds. The van der Waals surface area contributed by atoms with Crippen molar-refractivity contribution in [3.63, 3.8) is 0 Å². The van der Waals surface area contributed by atoms with Crippen molar-refractivity contribution < 1.29 is 9.29 Å². The Morgan fingerprint density at radius 1 is 1.33 bits per heavy atom. The molecule has 1 unspecified atom stereocenters. The van der Waals surface area contributed by atoms with E-state index < -0.39 is 11.2 Å². The number of hydrogen-bond donors (Lipinski definition) is 0. The minimum atomic E-state index is -1.50. The summed E-state index contributed by atoms with van der Waals surface area (Å²) in [6.45, 7) is 7.91. The van der Waals surface area contributed by atoms with Crippen LogP contribution in [0.15, 0.2) is 82.5 Å². The number of fused-ring (bicyclic) bond motifs is 1. The maximum atomic E-state index is 13.0. The molecule has 0 saturated heterocycles. The standard InChI is InChI=1S/C24H21ClN4O2S2/c1-4-10-29(5-2)20-12-16(3)28-23-17(20)7-6-8-21(23)31-15-18-19(25)13-26-14-22(18)33(30)24-27-9-11-32-24/h4-14H,2,15H2,1,3H3/b10-4-. The van der Waals surface area contributed by atoms with E-state index in [1.807, 2.05) is 55.3 Å². The Morgan fingerprint density at radius 3 is 2.91 bits per heavy atom. The quantitative estimate of drug-likeness (QED) is 0.267. The summed E-state index contributed by atoms with van der Waals surface area (Å²) in [5, 5.41) is 3.08. The van der Waals surface area contributed by atoms with Crippen molar-refractivity contribution in [3.8, 4) is 5.75 Å². The van der Waals surface area contributed by atoms with Crippen molar-refractivity contribution in [2.45, 2.75) is 29.7 Å². The van der Waals surface area contributed by atoms with Gasteiger partial charge in [-0.15, -0.1) is 0 Å². The van der Waals surface area contributed by atoms with Crippen LogP contribution < -0.4 is 9.64 Å². The Morgan fingerprint density at radius 2 is 2.18 bits per heavy atom. The average Bonchev–Trinajstić information content (AvgIpc) is 3.36. The Kier molecular flexibility index (Phi) is 7.29. The largest absolute Gasteiger partial charge is 0.605 e. The van der Waals surface area contributed by atoms with E-state index >= 15 is 0 Å². The third-order valence-corrected chi connectivity index (χ3v) is 7.61. The summed E-state index contributed by atoms with van der Waals surface area (Å²) in [4.78, 5) is 15.4. The lowest BCUT2D eigenvalue weighted by molar-refractivity contribution is 0.306. The molecule has 0 spiro atoms. The van der Waals surface area contributed by atoms with Crippen LogP contribution in [0.2, 0.25) is 5.02 Å². The first kappa shape index (κ1) is 23.3. The van der Waals surface area contributed by atoms with Crippen molar-refractivity contribution >= 4 is 50.7 Å². The molecule has 0 N–H and O–H groups in total. The molecule has 3 aromatic heterocycles. The van der Waals surface area contributed by atoms with E-state index in [-0.39, 0.29) is 6.61 Å². The Hall–Kier alpha value is -2.91. The minimum Gasteiger partial charge on any atom is -0.605 e. The van der Waals surface area contributed by atoms with Crippen LogP contribution in [0.4, 0.5) is 5.69 Å². The van der Waals surface area contributed by atoms with Gasteiger partial charge in [0.2, 0.25) is 0 Å². The smallest absolute Gasteiger partial charge is 0.307 e. The number of para-hydroxylation sites is 1. The summed E-state index contributed by atoms with van der Waals surface area (Å²) in [6.07, 6.45) is 10.3. The van der Waals surface area contributed by atoms with Crippen LogP contribution in [0, 0.1) is 6.92 Å². The fraction of sp³-hybridized carbons (Fsp3) is 0.125. The zero-order valence-electron chi connectivity index (χ0n) is 18.1. The second-order valence-corrected chi connectivity index (χ2v) is 9.88. The number of halogens is 1. The highest BCUT2D eigenvalue weighted by Gasteiger charge is 2.25. The first-order valence-electron chi connectivity index (χ1n) is 10.0. The maximum Gasteiger partial charge on any atom is 0.307 e. The van der Waals surface area contributed by atoms with Gasteiger partial charge in [-0.05, 0) is 26.0 Å². The topological polar surface area (TPSA) is 74.2 Å². The normalized spacial score (nSPS) is 12.2. The summed E-state index contributed by atoms with van der Waals surface area (Å²) in [7, 11) is 0. The average molecular weight is 497 g/mol. The maximum absolute atomic E-state index is 13.0. The highest BCUT2D eigenvalue weighted by molar-refractivity contribution is 7.93. The molecule has 168 valence electrons. The van der Waals surface area contributed by atoms with Crippen LogP contribution in [-0.2, 0) is 17.8 Å². The van der Waals surface area contributed by atoms with Crippen LogP contribution >= 0.6 is 22.9 Å². The van der Waals surface area contributed by atoms with Crippen molar-refractivity contribution in [1.82, 2.24) is 15.0 Å². The van der Waals surface area contributed by atoms with Gasteiger partial charge in [-0.1, -0.05) is 47.7 Å². The fourth-order valence-corrected chi connectivity index (χ4v) is 5.66. The number of allylic oxidation sites excluding steroid dienone is 1. The van der Waals surface area contributed by atoms with Crippen molar-refractivity contribution in [1.29, 1.82) is 0 Å². The summed E-state index contributed by atoms with van der Waals surface area (Å²) in [5.41, 5.74) is 3.12. The Labute approximate surface area is 204 Å². The number of hydrogen-bond acceptors (Lipinski definition) is 7. The van der Waals surface area contributed by atoms with Crippen LogP contribution in [0.3, 0.4) is 0 Å².